The first-order chi connectivity index (χ1) is 12.2. The molecule has 0 radical (unpaired) electrons. The molecule has 0 atom stereocenters. The van der Waals surface area contributed by atoms with E-state index in [0.717, 1.165) is 5.56 Å². The number of ketones is 1. The van der Waals surface area contributed by atoms with Gasteiger partial charge in [0.15, 0.2) is 5.78 Å². The van der Waals surface area contributed by atoms with E-state index in [1.165, 1.54) is 0 Å². The predicted molar refractivity (Wildman–Crippen MR) is 91.6 cm³/mol. The standard InChI is InChI=1S/C20H20O5/c21-9-3-4-10-24-19(22)12-14-7-8-18-17(11-14)20(23)16-6-2-1-5-15(16)13-25-18/h1-2,5-8,11,21H,3-4,9-10,12-13H2. The van der Waals surface area contributed by atoms with Crippen molar-refractivity contribution in [3.8, 4) is 5.75 Å². The van der Waals surface area contributed by atoms with Crippen LogP contribution < -0.4 is 4.74 Å². The molecule has 3 rings (SSSR count). The van der Waals surface area contributed by atoms with Crippen LogP contribution in [0.3, 0.4) is 0 Å². The van der Waals surface area contributed by atoms with E-state index >= 15 is 0 Å². The van der Waals surface area contributed by atoms with Crippen LogP contribution in [0.1, 0.15) is 39.9 Å². The molecule has 0 bridgehead atoms. The molecule has 1 heterocycles. The number of fused-ring (bicyclic) bond motifs is 2. The Morgan fingerprint density at radius 3 is 2.80 bits per heavy atom. The Morgan fingerprint density at radius 2 is 1.96 bits per heavy atom. The number of ether oxygens (including phenoxy) is 2. The summed E-state index contributed by atoms with van der Waals surface area (Å²) in [5.41, 5.74) is 2.66. The zero-order valence-electron chi connectivity index (χ0n) is 13.9. The van der Waals surface area contributed by atoms with Crippen molar-refractivity contribution in [2.24, 2.45) is 0 Å². The zero-order chi connectivity index (χ0) is 17.6. The normalized spacial score (nSPS) is 12.6. The number of esters is 1. The van der Waals surface area contributed by atoms with Gasteiger partial charge in [-0.2, -0.15) is 0 Å². The van der Waals surface area contributed by atoms with Crippen LogP contribution in [0.15, 0.2) is 42.5 Å². The number of carbonyl (C=O) groups excluding carboxylic acids is 2. The molecule has 0 saturated heterocycles. The summed E-state index contributed by atoms with van der Waals surface area (Å²) < 4.78 is 10.9. The summed E-state index contributed by atoms with van der Waals surface area (Å²) >= 11 is 0. The molecular formula is C20H20O5. The minimum absolute atomic E-state index is 0.0892. The Balaban J connectivity index is 1.74. The first kappa shape index (κ1) is 17.2. The van der Waals surface area contributed by atoms with E-state index in [1.807, 2.05) is 18.2 Å². The lowest BCUT2D eigenvalue weighted by Crippen LogP contribution is -2.10. The highest BCUT2D eigenvalue weighted by molar-refractivity contribution is 6.12. The number of aliphatic hydroxyl groups is 1. The summed E-state index contributed by atoms with van der Waals surface area (Å²) in [5, 5.41) is 8.71. The molecule has 0 saturated carbocycles. The van der Waals surface area contributed by atoms with E-state index < -0.39 is 0 Å². The van der Waals surface area contributed by atoms with E-state index in [9.17, 15) is 9.59 Å². The second kappa shape index (κ2) is 7.94. The molecule has 2 aromatic rings. The molecule has 5 heteroatoms. The number of carbonyl (C=O) groups is 2. The smallest absolute Gasteiger partial charge is 0.310 e. The lowest BCUT2D eigenvalue weighted by atomic mass is 9.97. The summed E-state index contributed by atoms with van der Waals surface area (Å²) in [6, 6.07) is 12.6. The molecular weight excluding hydrogens is 320 g/mol. The third kappa shape index (κ3) is 4.06. The molecule has 0 unspecified atom stereocenters. The maximum absolute atomic E-state index is 12.8. The Bertz CT molecular complexity index is 781. The van der Waals surface area contributed by atoms with Gasteiger partial charge in [0.25, 0.3) is 0 Å². The van der Waals surface area contributed by atoms with Gasteiger partial charge < -0.3 is 14.6 Å². The summed E-state index contributed by atoms with van der Waals surface area (Å²) in [6.07, 6.45) is 1.34. The van der Waals surface area contributed by atoms with Gasteiger partial charge in [-0.05, 0) is 30.5 Å². The Hall–Kier alpha value is -2.66. The summed E-state index contributed by atoms with van der Waals surface area (Å²) in [6.45, 7) is 0.729. The van der Waals surface area contributed by atoms with Gasteiger partial charge in [0.2, 0.25) is 0 Å². The van der Waals surface area contributed by atoms with Crippen molar-refractivity contribution in [2.75, 3.05) is 13.2 Å². The summed E-state index contributed by atoms with van der Waals surface area (Å²) in [5.74, 6) is 0.0859. The van der Waals surface area contributed by atoms with Crippen LogP contribution in [0.2, 0.25) is 0 Å². The van der Waals surface area contributed by atoms with Crippen molar-refractivity contribution in [1.29, 1.82) is 0 Å². The monoisotopic (exact) mass is 340 g/mol. The molecule has 5 nitrogen and oxygen atoms in total. The largest absolute Gasteiger partial charge is 0.488 e. The fraction of sp³-hybridized carbons (Fsp3) is 0.300. The second-order valence-corrected chi connectivity index (χ2v) is 5.93. The predicted octanol–water partition coefficient (Wildman–Crippen LogP) is 2.67. The molecule has 1 aliphatic rings. The SMILES string of the molecule is O=C(Cc1ccc2c(c1)C(=O)c1ccccc1CO2)OCCCCO. The minimum atomic E-state index is -0.347. The van der Waals surface area contributed by atoms with Crippen LogP contribution >= 0.6 is 0 Å². The van der Waals surface area contributed by atoms with Crippen LogP contribution in [0.5, 0.6) is 5.75 Å². The van der Waals surface area contributed by atoms with Gasteiger partial charge >= 0.3 is 5.97 Å². The molecule has 1 aliphatic heterocycles. The number of unbranched alkanes of at least 4 members (excludes halogenated alkanes) is 1. The van der Waals surface area contributed by atoms with E-state index in [-0.39, 0.29) is 24.8 Å². The van der Waals surface area contributed by atoms with E-state index in [1.54, 1.807) is 24.3 Å². The third-order valence-corrected chi connectivity index (χ3v) is 4.10. The van der Waals surface area contributed by atoms with Crippen LogP contribution in [0, 0.1) is 0 Å². The highest BCUT2D eigenvalue weighted by Crippen LogP contribution is 2.29. The van der Waals surface area contributed by atoms with E-state index in [0.29, 0.717) is 48.5 Å². The number of aliphatic hydroxyl groups excluding tert-OH is 1. The van der Waals surface area contributed by atoms with E-state index in [2.05, 4.69) is 0 Å². The van der Waals surface area contributed by atoms with Gasteiger partial charge in [-0.15, -0.1) is 0 Å². The minimum Gasteiger partial charge on any atom is -0.488 e. The summed E-state index contributed by atoms with van der Waals surface area (Å²) in [7, 11) is 0. The Kier molecular flexibility index (Phi) is 5.46. The van der Waals surface area contributed by atoms with Gasteiger partial charge in [-0.3, -0.25) is 9.59 Å². The van der Waals surface area contributed by atoms with Gasteiger partial charge in [-0.1, -0.05) is 30.3 Å². The number of hydrogen-bond donors (Lipinski definition) is 1. The molecule has 1 N–H and O–H groups in total. The maximum Gasteiger partial charge on any atom is 0.310 e. The topological polar surface area (TPSA) is 72.8 Å². The number of rotatable bonds is 6. The quantitative estimate of drug-likeness (QED) is 0.646. The molecule has 0 aromatic heterocycles. The first-order valence-corrected chi connectivity index (χ1v) is 8.34. The lowest BCUT2D eigenvalue weighted by molar-refractivity contribution is -0.143. The number of hydrogen-bond acceptors (Lipinski definition) is 5. The summed E-state index contributed by atoms with van der Waals surface area (Å²) in [4.78, 5) is 24.7. The van der Waals surface area contributed by atoms with Crippen LogP contribution in [-0.2, 0) is 22.6 Å². The second-order valence-electron chi connectivity index (χ2n) is 5.93. The molecule has 0 fully saturated rings. The highest BCUT2D eigenvalue weighted by Gasteiger charge is 2.22. The average molecular weight is 340 g/mol. The van der Waals surface area contributed by atoms with Crippen molar-refractivity contribution in [3.63, 3.8) is 0 Å². The fourth-order valence-corrected chi connectivity index (χ4v) is 2.78. The fourth-order valence-electron chi connectivity index (χ4n) is 2.78. The lowest BCUT2D eigenvalue weighted by Gasteiger charge is -2.09. The third-order valence-electron chi connectivity index (χ3n) is 4.10. The molecule has 0 aliphatic carbocycles. The molecule has 25 heavy (non-hydrogen) atoms. The van der Waals surface area contributed by atoms with Gasteiger partial charge in [0, 0.05) is 17.7 Å². The van der Waals surface area contributed by atoms with Gasteiger partial charge in [0.05, 0.1) is 18.6 Å². The molecule has 0 spiro atoms. The maximum atomic E-state index is 12.8. The average Bonchev–Trinajstić information content (AvgIpc) is 2.76. The van der Waals surface area contributed by atoms with Crippen molar-refractivity contribution in [1.82, 2.24) is 0 Å². The van der Waals surface area contributed by atoms with Gasteiger partial charge in [0.1, 0.15) is 12.4 Å². The Labute approximate surface area is 146 Å². The van der Waals surface area contributed by atoms with Crippen molar-refractivity contribution in [3.05, 3.63) is 64.7 Å². The van der Waals surface area contributed by atoms with Crippen LogP contribution in [0.25, 0.3) is 0 Å². The molecule has 2 aromatic carbocycles. The molecule has 0 amide bonds. The zero-order valence-corrected chi connectivity index (χ0v) is 13.9. The van der Waals surface area contributed by atoms with Crippen molar-refractivity contribution < 1.29 is 24.2 Å². The first-order valence-electron chi connectivity index (χ1n) is 8.34. The van der Waals surface area contributed by atoms with Crippen molar-refractivity contribution in [2.45, 2.75) is 25.9 Å². The highest BCUT2D eigenvalue weighted by atomic mass is 16.5. The van der Waals surface area contributed by atoms with Crippen LogP contribution in [0.4, 0.5) is 0 Å². The number of benzene rings is 2. The van der Waals surface area contributed by atoms with Gasteiger partial charge in [-0.25, -0.2) is 0 Å². The van der Waals surface area contributed by atoms with Crippen LogP contribution in [-0.4, -0.2) is 30.1 Å². The Morgan fingerprint density at radius 1 is 1.12 bits per heavy atom. The molecule has 130 valence electrons. The van der Waals surface area contributed by atoms with Crippen molar-refractivity contribution >= 4 is 11.8 Å². The van der Waals surface area contributed by atoms with E-state index in [4.69, 9.17) is 14.6 Å².